The fraction of sp³-hybridized carbons (Fsp3) is 0.160. The van der Waals surface area contributed by atoms with E-state index in [4.69, 9.17) is 11.6 Å². The highest BCUT2D eigenvalue weighted by atomic mass is 35.5. The van der Waals surface area contributed by atoms with Gasteiger partial charge < -0.3 is 15.2 Å². The van der Waals surface area contributed by atoms with Crippen LogP contribution in [0.15, 0.2) is 66.9 Å². The number of halogens is 3. The topological polar surface area (TPSA) is 48.1 Å². The monoisotopic (exact) mass is 453 g/mol. The molecular formula is C25H22ClF2N3O. The van der Waals surface area contributed by atoms with Crippen molar-refractivity contribution >= 4 is 34.1 Å². The number of amides is 1. The fourth-order valence-corrected chi connectivity index (χ4v) is 4.02. The van der Waals surface area contributed by atoms with Gasteiger partial charge in [-0.1, -0.05) is 41.9 Å². The number of para-hydroxylation sites is 1. The Morgan fingerprint density at radius 2 is 1.75 bits per heavy atom. The first-order valence-corrected chi connectivity index (χ1v) is 10.5. The number of nitrogens with one attached hydrogen (secondary N) is 2. The lowest BCUT2D eigenvalue weighted by Crippen LogP contribution is -2.29. The van der Waals surface area contributed by atoms with Crippen LogP contribution < -0.4 is 10.2 Å². The van der Waals surface area contributed by atoms with Gasteiger partial charge in [-0.3, -0.25) is 4.79 Å². The van der Waals surface area contributed by atoms with Crippen LogP contribution in [0.25, 0.3) is 10.9 Å². The third kappa shape index (κ3) is 4.32. The van der Waals surface area contributed by atoms with Crippen molar-refractivity contribution in [2.24, 2.45) is 0 Å². The normalized spacial score (nSPS) is 12.0. The van der Waals surface area contributed by atoms with E-state index in [0.29, 0.717) is 0 Å². The van der Waals surface area contributed by atoms with Crippen molar-refractivity contribution in [2.45, 2.75) is 5.92 Å². The minimum Gasteiger partial charge on any atom is -0.378 e. The Balaban J connectivity index is 1.67. The number of anilines is 1. The van der Waals surface area contributed by atoms with Gasteiger partial charge in [-0.2, -0.15) is 0 Å². The maximum absolute atomic E-state index is 13.7. The highest BCUT2D eigenvalue weighted by Crippen LogP contribution is 2.31. The van der Waals surface area contributed by atoms with Crippen LogP contribution in [0.4, 0.5) is 14.5 Å². The van der Waals surface area contributed by atoms with Gasteiger partial charge >= 0.3 is 0 Å². The van der Waals surface area contributed by atoms with Gasteiger partial charge in [0.15, 0.2) is 11.6 Å². The molecule has 32 heavy (non-hydrogen) atoms. The SMILES string of the molecule is CN(C)c1ccc(C(CNC(=O)c2cc(F)c(F)cc2Cl)c2c[nH]c3ccccc23)cc1. The summed E-state index contributed by atoms with van der Waals surface area (Å²) >= 11 is 5.98. The second-order valence-corrected chi connectivity index (χ2v) is 8.19. The molecular weight excluding hydrogens is 432 g/mol. The van der Waals surface area contributed by atoms with Gasteiger partial charge in [-0.15, -0.1) is 0 Å². The Bertz CT molecular complexity index is 1270. The lowest BCUT2D eigenvalue weighted by molar-refractivity contribution is 0.0952. The van der Waals surface area contributed by atoms with Crippen LogP contribution in [0.5, 0.6) is 0 Å². The van der Waals surface area contributed by atoms with E-state index in [-0.39, 0.29) is 23.0 Å². The summed E-state index contributed by atoms with van der Waals surface area (Å²) < 4.78 is 27.0. The van der Waals surface area contributed by atoms with Crippen molar-refractivity contribution in [2.75, 3.05) is 25.5 Å². The number of carbonyl (C=O) groups excluding carboxylic acids is 1. The lowest BCUT2D eigenvalue weighted by atomic mass is 9.90. The van der Waals surface area contributed by atoms with Gasteiger partial charge in [0.25, 0.3) is 5.91 Å². The Hall–Kier alpha value is -3.38. The molecule has 1 amide bonds. The predicted molar refractivity (Wildman–Crippen MR) is 125 cm³/mol. The Morgan fingerprint density at radius 3 is 2.47 bits per heavy atom. The van der Waals surface area contributed by atoms with Crippen LogP contribution in [-0.2, 0) is 0 Å². The number of aromatic amines is 1. The van der Waals surface area contributed by atoms with Gasteiger partial charge in [0.05, 0.1) is 10.6 Å². The van der Waals surface area contributed by atoms with Crippen LogP contribution in [0.1, 0.15) is 27.4 Å². The maximum atomic E-state index is 13.7. The van der Waals surface area contributed by atoms with E-state index in [1.165, 1.54) is 0 Å². The number of fused-ring (bicyclic) bond motifs is 1. The molecule has 1 aromatic heterocycles. The smallest absolute Gasteiger partial charge is 0.252 e. The minimum atomic E-state index is -1.12. The standard InChI is InChI=1S/C25H22ClF2N3O/c1-31(2)16-9-7-15(8-10-16)19(20-14-29-24-6-4-3-5-17(20)24)13-30-25(32)18-11-22(27)23(28)12-21(18)26/h3-12,14,19,29H,13H2,1-2H3,(H,30,32). The molecule has 4 nitrogen and oxygen atoms in total. The summed E-state index contributed by atoms with van der Waals surface area (Å²) in [6, 6.07) is 17.7. The number of rotatable bonds is 6. The molecule has 0 aliphatic rings. The van der Waals surface area contributed by atoms with Gasteiger partial charge in [-0.05, 0) is 41.5 Å². The van der Waals surface area contributed by atoms with Crippen LogP contribution in [0.2, 0.25) is 5.02 Å². The first kappa shape index (κ1) is 21.8. The molecule has 164 valence electrons. The zero-order valence-corrected chi connectivity index (χ0v) is 18.4. The van der Waals surface area contributed by atoms with E-state index < -0.39 is 17.5 Å². The molecule has 0 spiro atoms. The molecule has 2 N–H and O–H groups in total. The summed E-state index contributed by atoms with van der Waals surface area (Å²) in [5.41, 5.74) is 3.98. The van der Waals surface area contributed by atoms with Crippen molar-refractivity contribution in [1.82, 2.24) is 10.3 Å². The number of nitrogens with zero attached hydrogens (tertiary/aromatic N) is 1. The van der Waals surface area contributed by atoms with Gasteiger partial charge in [-0.25, -0.2) is 8.78 Å². The molecule has 3 aromatic carbocycles. The minimum absolute atomic E-state index is 0.105. The van der Waals surface area contributed by atoms with Gasteiger partial charge in [0.1, 0.15) is 0 Å². The van der Waals surface area contributed by atoms with E-state index in [1.54, 1.807) is 0 Å². The third-order valence-corrected chi connectivity index (χ3v) is 5.84. The summed E-state index contributed by atoms with van der Waals surface area (Å²) in [6.07, 6.45) is 1.94. The molecule has 0 fully saturated rings. The molecule has 4 rings (SSSR count). The second-order valence-electron chi connectivity index (χ2n) is 7.78. The zero-order valence-electron chi connectivity index (χ0n) is 17.6. The molecule has 0 aliphatic heterocycles. The Morgan fingerprint density at radius 1 is 1.06 bits per heavy atom. The highest BCUT2D eigenvalue weighted by molar-refractivity contribution is 6.33. The quantitative estimate of drug-likeness (QED) is 0.366. The zero-order chi connectivity index (χ0) is 22.8. The second kappa shape index (κ2) is 9.01. The molecule has 0 saturated heterocycles. The van der Waals surface area contributed by atoms with Gasteiger partial charge in [0, 0.05) is 49.3 Å². The molecule has 1 atom stereocenters. The number of carbonyl (C=O) groups is 1. The molecule has 4 aromatic rings. The van der Waals surface area contributed by atoms with E-state index in [0.717, 1.165) is 39.8 Å². The summed E-state index contributed by atoms with van der Waals surface area (Å²) in [4.78, 5) is 18.0. The van der Waals surface area contributed by atoms with Crippen molar-refractivity contribution in [3.8, 4) is 0 Å². The molecule has 7 heteroatoms. The van der Waals surface area contributed by atoms with Gasteiger partial charge in [0.2, 0.25) is 0 Å². The average Bonchev–Trinajstić information content (AvgIpc) is 3.20. The number of H-pyrrole nitrogens is 1. The summed E-state index contributed by atoms with van der Waals surface area (Å²) in [5, 5.41) is 3.75. The van der Waals surface area contributed by atoms with Crippen LogP contribution >= 0.6 is 11.6 Å². The first-order valence-electron chi connectivity index (χ1n) is 10.1. The lowest BCUT2D eigenvalue weighted by Gasteiger charge is -2.20. The third-order valence-electron chi connectivity index (χ3n) is 5.53. The maximum Gasteiger partial charge on any atom is 0.252 e. The van der Waals surface area contributed by atoms with Crippen LogP contribution in [0, 0.1) is 11.6 Å². The van der Waals surface area contributed by atoms with Crippen LogP contribution in [-0.4, -0.2) is 31.5 Å². The molecule has 1 unspecified atom stereocenters. The Labute approximate surface area is 189 Å². The number of aromatic nitrogens is 1. The van der Waals surface area contributed by atoms with E-state index in [9.17, 15) is 13.6 Å². The fourth-order valence-electron chi connectivity index (χ4n) is 3.78. The van der Waals surface area contributed by atoms with Crippen LogP contribution in [0.3, 0.4) is 0 Å². The first-order chi connectivity index (χ1) is 15.3. The van der Waals surface area contributed by atoms with E-state index in [1.807, 2.05) is 73.7 Å². The van der Waals surface area contributed by atoms with Crippen molar-refractivity contribution < 1.29 is 13.6 Å². The van der Waals surface area contributed by atoms with E-state index >= 15 is 0 Å². The average molecular weight is 454 g/mol. The molecule has 1 heterocycles. The number of hydrogen-bond acceptors (Lipinski definition) is 2. The number of hydrogen-bond donors (Lipinski definition) is 2. The Kier molecular flexibility index (Phi) is 6.15. The summed E-state index contributed by atoms with van der Waals surface area (Å²) in [7, 11) is 3.94. The van der Waals surface area contributed by atoms with E-state index in [2.05, 4.69) is 10.3 Å². The molecule has 0 saturated carbocycles. The highest BCUT2D eigenvalue weighted by Gasteiger charge is 2.21. The number of benzene rings is 3. The van der Waals surface area contributed by atoms with Crippen molar-refractivity contribution in [1.29, 1.82) is 0 Å². The molecule has 0 aliphatic carbocycles. The molecule has 0 bridgehead atoms. The summed E-state index contributed by atoms with van der Waals surface area (Å²) in [6.45, 7) is 0.247. The van der Waals surface area contributed by atoms with Crippen molar-refractivity contribution in [3.63, 3.8) is 0 Å². The molecule has 0 radical (unpaired) electrons. The van der Waals surface area contributed by atoms with Crippen molar-refractivity contribution in [3.05, 3.63) is 100 Å². The largest absolute Gasteiger partial charge is 0.378 e. The summed E-state index contributed by atoms with van der Waals surface area (Å²) in [5.74, 6) is -2.95. The predicted octanol–water partition coefficient (Wildman–Crippen LogP) is 5.73.